The first kappa shape index (κ1) is 10.6. The highest BCUT2D eigenvalue weighted by atomic mass is 32.1. The van der Waals surface area contributed by atoms with Crippen LogP contribution in [0, 0.1) is 11.8 Å². The fraction of sp³-hybridized carbons (Fsp3) is 0.111. The van der Waals surface area contributed by atoms with Crippen LogP contribution in [0.4, 0.5) is 0 Å². The molecule has 1 aromatic rings. The lowest BCUT2D eigenvalue weighted by Crippen LogP contribution is -2.30. The molecule has 14 heavy (non-hydrogen) atoms. The zero-order valence-corrected chi connectivity index (χ0v) is 8.21. The average molecular weight is 207 g/mol. The number of carbonyl (C=O) groups is 1. The van der Waals surface area contributed by atoms with E-state index in [9.17, 15) is 4.79 Å². The number of thiol groups is 1. The predicted octanol–water partition coefficient (Wildman–Crippen LogP) is -0.0336. The number of nitrogens with two attached hydrogens (primary N) is 1. The quantitative estimate of drug-likeness (QED) is 0.199. The number of amides is 1. The molecule has 1 heterocycles. The molecule has 0 aliphatic heterocycles. The monoisotopic (exact) mass is 207 g/mol. The predicted molar refractivity (Wildman–Crippen MR) is 56.6 cm³/mol. The Balaban J connectivity index is 2.95. The van der Waals surface area contributed by atoms with Gasteiger partial charge in [0.05, 0.1) is 11.3 Å². The van der Waals surface area contributed by atoms with E-state index >= 15 is 0 Å². The summed E-state index contributed by atoms with van der Waals surface area (Å²) in [5.41, 5.74) is 3.08. The second-order valence-electron chi connectivity index (χ2n) is 2.40. The van der Waals surface area contributed by atoms with E-state index in [2.05, 4.69) is 29.5 Å². The first-order valence-electron chi connectivity index (χ1n) is 3.83. The zero-order chi connectivity index (χ0) is 10.4. The Hall–Kier alpha value is -1.51. The summed E-state index contributed by atoms with van der Waals surface area (Å²) in [5.74, 6) is 10.6. The molecular weight excluding hydrogens is 198 g/mol. The number of nitrogens with one attached hydrogen (secondary N) is 1. The minimum Gasteiger partial charge on any atom is -0.290 e. The summed E-state index contributed by atoms with van der Waals surface area (Å²) in [6.45, 7) is 0. The summed E-state index contributed by atoms with van der Waals surface area (Å²) in [7, 11) is 0. The van der Waals surface area contributed by atoms with Crippen molar-refractivity contribution in [2.75, 3.05) is 5.75 Å². The number of pyridine rings is 1. The third-order valence-electron chi connectivity index (χ3n) is 1.44. The molecule has 72 valence electrons. The zero-order valence-electron chi connectivity index (χ0n) is 7.32. The Labute approximate surface area is 87.3 Å². The van der Waals surface area contributed by atoms with Crippen molar-refractivity contribution in [3.8, 4) is 11.8 Å². The van der Waals surface area contributed by atoms with Gasteiger partial charge < -0.3 is 0 Å². The molecule has 0 saturated carbocycles. The van der Waals surface area contributed by atoms with Gasteiger partial charge in [0, 0.05) is 18.0 Å². The van der Waals surface area contributed by atoms with E-state index in [4.69, 9.17) is 5.84 Å². The molecular formula is C9H9N3OS. The highest BCUT2D eigenvalue weighted by Gasteiger charge is 2.03. The van der Waals surface area contributed by atoms with Gasteiger partial charge in [-0.1, -0.05) is 11.8 Å². The number of hydrogen-bond acceptors (Lipinski definition) is 4. The summed E-state index contributed by atoms with van der Waals surface area (Å²) < 4.78 is 0. The molecule has 0 radical (unpaired) electrons. The number of carbonyl (C=O) groups excluding carboxylic acids is 1. The minimum atomic E-state index is -0.382. The molecule has 1 aromatic heterocycles. The van der Waals surface area contributed by atoms with Gasteiger partial charge in [0.25, 0.3) is 5.91 Å². The molecule has 5 heteroatoms. The first-order valence-corrected chi connectivity index (χ1v) is 4.47. The van der Waals surface area contributed by atoms with E-state index in [-0.39, 0.29) is 5.91 Å². The van der Waals surface area contributed by atoms with Gasteiger partial charge in [-0.25, -0.2) is 5.84 Å². The fourth-order valence-electron chi connectivity index (χ4n) is 0.857. The van der Waals surface area contributed by atoms with Crippen molar-refractivity contribution in [1.82, 2.24) is 10.4 Å². The summed E-state index contributed by atoms with van der Waals surface area (Å²) in [6.07, 6.45) is 3.00. The number of aromatic nitrogens is 1. The van der Waals surface area contributed by atoms with Gasteiger partial charge in [0.2, 0.25) is 0 Å². The molecule has 0 unspecified atom stereocenters. The van der Waals surface area contributed by atoms with Crippen LogP contribution in [0.5, 0.6) is 0 Å². The van der Waals surface area contributed by atoms with E-state index in [0.29, 0.717) is 16.9 Å². The smallest absolute Gasteiger partial charge is 0.266 e. The van der Waals surface area contributed by atoms with Gasteiger partial charge in [-0.3, -0.25) is 15.2 Å². The van der Waals surface area contributed by atoms with Crippen LogP contribution in [-0.4, -0.2) is 16.6 Å². The van der Waals surface area contributed by atoms with Gasteiger partial charge >= 0.3 is 0 Å². The van der Waals surface area contributed by atoms with E-state index in [1.165, 1.54) is 6.20 Å². The molecule has 0 bridgehead atoms. The van der Waals surface area contributed by atoms with Crippen molar-refractivity contribution in [2.45, 2.75) is 0 Å². The molecule has 0 spiro atoms. The first-order chi connectivity index (χ1) is 6.77. The van der Waals surface area contributed by atoms with Crippen LogP contribution in [0.25, 0.3) is 0 Å². The molecule has 0 fully saturated rings. The lowest BCUT2D eigenvalue weighted by atomic mass is 10.2. The SMILES string of the molecule is NNC(=O)c1cncc(C#CCS)c1. The Morgan fingerprint density at radius 3 is 3.07 bits per heavy atom. The van der Waals surface area contributed by atoms with Gasteiger partial charge in [-0.2, -0.15) is 12.6 Å². The molecule has 3 N–H and O–H groups in total. The van der Waals surface area contributed by atoms with Crippen LogP contribution < -0.4 is 11.3 Å². The summed E-state index contributed by atoms with van der Waals surface area (Å²) in [6, 6.07) is 1.62. The highest BCUT2D eigenvalue weighted by molar-refractivity contribution is 7.80. The van der Waals surface area contributed by atoms with Crippen LogP contribution in [0.3, 0.4) is 0 Å². The standard InChI is InChI=1S/C9H9N3OS/c10-12-9(13)8-4-7(2-1-3-14)5-11-6-8/h4-6,14H,3,10H2,(H,12,13). The lowest BCUT2D eigenvalue weighted by Gasteiger charge is -1.98. The summed E-state index contributed by atoms with van der Waals surface area (Å²) in [4.78, 5) is 15.0. The van der Waals surface area contributed by atoms with Crippen molar-refractivity contribution in [1.29, 1.82) is 0 Å². The maximum absolute atomic E-state index is 11.1. The molecule has 1 rings (SSSR count). The number of nitrogens with zero attached hydrogens (tertiary/aromatic N) is 1. The molecule has 0 aliphatic carbocycles. The maximum atomic E-state index is 11.1. The third kappa shape index (κ3) is 2.76. The maximum Gasteiger partial charge on any atom is 0.266 e. The second-order valence-corrected chi connectivity index (χ2v) is 2.71. The van der Waals surface area contributed by atoms with Crippen LogP contribution in [-0.2, 0) is 0 Å². The highest BCUT2D eigenvalue weighted by Crippen LogP contribution is 2.00. The molecule has 0 atom stereocenters. The molecule has 0 aliphatic rings. The van der Waals surface area contributed by atoms with Crippen LogP contribution in [0.15, 0.2) is 18.5 Å². The van der Waals surface area contributed by atoms with E-state index in [1.807, 2.05) is 5.43 Å². The summed E-state index contributed by atoms with van der Waals surface area (Å²) in [5, 5.41) is 0. The van der Waals surface area contributed by atoms with Crippen LogP contribution in [0.2, 0.25) is 0 Å². The number of hydrazine groups is 1. The summed E-state index contributed by atoms with van der Waals surface area (Å²) >= 11 is 3.94. The van der Waals surface area contributed by atoms with Gasteiger partial charge in [-0.05, 0) is 6.07 Å². The van der Waals surface area contributed by atoms with Crippen molar-refractivity contribution in [3.63, 3.8) is 0 Å². The van der Waals surface area contributed by atoms with Crippen molar-refractivity contribution >= 4 is 18.5 Å². The minimum absolute atomic E-state index is 0.382. The number of rotatable bonds is 1. The molecule has 0 aromatic carbocycles. The normalized spacial score (nSPS) is 8.71. The van der Waals surface area contributed by atoms with Crippen LogP contribution >= 0.6 is 12.6 Å². The second kappa shape index (κ2) is 5.27. The molecule has 1 amide bonds. The van der Waals surface area contributed by atoms with E-state index < -0.39 is 0 Å². The van der Waals surface area contributed by atoms with Gasteiger partial charge in [0.15, 0.2) is 0 Å². The number of hydrogen-bond donors (Lipinski definition) is 3. The Morgan fingerprint density at radius 2 is 2.43 bits per heavy atom. The Morgan fingerprint density at radius 1 is 1.64 bits per heavy atom. The van der Waals surface area contributed by atoms with Gasteiger partial charge in [0.1, 0.15) is 0 Å². The average Bonchev–Trinajstić information content (AvgIpc) is 2.25. The van der Waals surface area contributed by atoms with Crippen molar-refractivity contribution in [3.05, 3.63) is 29.6 Å². The Bertz CT molecular complexity index is 395. The van der Waals surface area contributed by atoms with Crippen LogP contribution in [0.1, 0.15) is 15.9 Å². The van der Waals surface area contributed by atoms with E-state index in [0.717, 1.165) is 0 Å². The lowest BCUT2D eigenvalue weighted by molar-refractivity contribution is 0.0953. The van der Waals surface area contributed by atoms with Gasteiger partial charge in [-0.15, -0.1) is 0 Å². The Kier molecular flexibility index (Phi) is 3.98. The largest absolute Gasteiger partial charge is 0.290 e. The topological polar surface area (TPSA) is 68.0 Å². The van der Waals surface area contributed by atoms with Crippen molar-refractivity contribution in [2.24, 2.45) is 5.84 Å². The fourth-order valence-corrected chi connectivity index (χ4v) is 0.936. The van der Waals surface area contributed by atoms with Crippen molar-refractivity contribution < 1.29 is 4.79 Å². The third-order valence-corrected chi connectivity index (χ3v) is 1.60. The molecule has 4 nitrogen and oxygen atoms in total. The van der Waals surface area contributed by atoms with E-state index in [1.54, 1.807) is 12.3 Å². The number of nitrogen functional groups attached to an aromatic ring is 1. The molecule has 0 saturated heterocycles.